The van der Waals surface area contributed by atoms with Gasteiger partial charge in [-0.2, -0.15) is 0 Å². The predicted octanol–water partition coefficient (Wildman–Crippen LogP) is 3.93. The molecule has 0 aromatic carbocycles. The standard InChI is InChI=1S/C17H24N2O/c1-10(2)15-11(3)8-14(9-20)17(18-15)19-16(12-4-5-12)13-6-7-13/h8-10,12-13,16H,4-7H2,1-3H3,(H,18,19). The third-order valence-electron chi connectivity index (χ3n) is 4.52. The number of rotatable bonds is 6. The first-order valence-corrected chi connectivity index (χ1v) is 7.83. The second-order valence-electron chi connectivity index (χ2n) is 6.75. The molecule has 0 saturated heterocycles. The summed E-state index contributed by atoms with van der Waals surface area (Å²) in [6, 6.07) is 2.51. The van der Waals surface area contributed by atoms with Gasteiger partial charge in [-0.1, -0.05) is 13.8 Å². The molecule has 1 aromatic heterocycles. The van der Waals surface area contributed by atoms with E-state index >= 15 is 0 Å². The molecule has 3 nitrogen and oxygen atoms in total. The predicted molar refractivity (Wildman–Crippen MR) is 81.3 cm³/mol. The summed E-state index contributed by atoms with van der Waals surface area (Å²) in [5.41, 5.74) is 2.92. The van der Waals surface area contributed by atoms with Crippen LogP contribution in [0.25, 0.3) is 0 Å². The van der Waals surface area contributed by atoms with Gasteiger partial charge in [-0.25, -0.2) is 4.98 Å². The topological polar surface area (TPSA) is 42.0 Å². The summed E-state index contributed by atoms with van der Waals surface area (Å²) in [6.07, 6.45) is 6.24. The SMILES string of the molecule is Cc1cc(C=O)c(NC(C2CC2)C2CC2)nc1C(C)C. The van der Waals surface area contributed by atoms with E-state index in [2.05, 4.69) is 19.2 Å². The van der Waals surface area contributed by atoms with Gasteiger partial charge in [-0.15, -0.1) is 0 Å². The van der Waals surface area contributed by atoms with Crippen LogP contribution in [0.15, 0.2) is 6.07 Å². The van der Waals surface area contributed by atoms with Crippen LogP contribution in [-0.4, -0.2) is 17.3 Å². The molecule has 1 heterocycles. The van der Waals surface area contributed by atoms with Crippen molar-refractivity contribution in [1.29, 1.82) is 0 Å². The number of aryl methyl sites for hydroxylation is 1. The third kappa shape index (κ3) is 2.72. The zero-order chi connectivity index (χ0) is 14.3. The van der Waals surface area contributed by atoms with Crippen LogP contribution < -0.4 is 5.32 Å². The lowest BCUT2D eigenvalue weighted by Gasteiger charge is -2.21. The summed E-state index contributed by atoms with van der Waals surface area (Å²) >= 11 is 0. The summed E-state index contributed by atoms with van der Waals surface area (Å²) in [5.74, 6) is 2.79. The van der Waals surface area contributed by atoms with Crippen LogP contribution in [0.5, 0.6) is 0 Å². The first-order chi connectivity index (χ1) is 9.60. The first kappa shape index (κ1) is 13.6. The molecule has 0 radical (unpaired) electrons. The maximum absolute atomic E-state index is 11.3. The van der Waals surface area contributed by atoms with Crippen LogP contribution in [0.1, 0.15) is 67.1 Å². The molecule has 2 fully saturated rings. The second-order valence-corrected chi connectivity index (χ2v) is 6.75. The van der Waals surface area contributed by atoms with Gasteiger partial charge in [0, 0.05) is 11.7 Å². The number of pyridine rings is 1. The number of hydrogen-bond donors (Lipinski definition) is 1. The van der Waals surface area contributed by atoms with Gasteiger partial charge in [0.1, 0.15) is 5.82 Å². The van der Waals surface area contributed by atoms with E-state index in [1.54, 1.807) is 0 Å². The Bertz CT molecular complexity index is 504. The van der Waals surface area contributed by atoms with Crippen molar-refractivity contribution >= 4 is 12.1 Å². The van der Waals surface area contributed by atoms with Gasteiger partial charge in [0.15, 0.2) is 6.29 Å². The van der Waals surface area contributed by atoms with Crippen molar-refractivity contribution in [1.82, 2.24) is 4.98 Å². The van der Waals surface area contributed by atoms with Gasteiger partial charge < -0.3 is 5.32 Å². The third-order valence-corrected chi connectivity index (χ3v) is 4.52. The molecule has 3 rings (SSSR count). The van der Waals surface area contributed by atoms with Gasteiger partial charge >= 0.3 is 0 Å². The van der Waals surface area contributed by atoms with E-state index in [0.29, 0.717) is 17.5 Å². The van der Waals surface area contributed by atoms with Gasteiger partial charge in [0.2, 0.25) is 0 Å². The Morgan fingerprint density at radius 2 is 1.85 bits per heavy atom. The van der Waals surface area contributed by atoms with E-state index in [-0.39, 0.29) is 0 Å². The van der Waals surface area contributed by atoms with Gasteiger partial charge in [0.05, 0.1) is 5.56 Å². The molecule has 0 unspecified atom stereocenters. The average molecular weight is 272 g/mol. The minimum atomic E-state index is 0.386. The summed E-state index contributed by atoms with van der Waals surface area (Å²) < 4.78 is 0. The molecule has 3 heteroatoms. The fourth-order valence-corrected chi connectivity index (χ4v) is 3.13. The fourth-order valence-electron chi connectivity index (χ4n) is 3.13. The molecule has 108 valence electrons. The summed E-state index contributed by atoms with van der Waals surface area (Å²) in [6.45, 7) is 6.34. The average Bonchev–Trinajstić information content (AvgIpc) is 3.28. The van der Waals surface area contributed by atoms with E-state index in [1.807, 2.05) is 13.0 Å². The van der Waals surface area contributed by atoms with E-state index in [0.717, 1.165) is 35.2 Å². The molecular formula is C17H24N2O. The van der Waals surface area contributed by atoms with Gasteiger partial charge in [-0.05, 0) is 62.0 Å². The second kappa shape index (κ2) is 5.19. The van der Waals surface area contributed by atoms with Crippen molar-refractivity contribution in [3.8, 4) is 0 Å². The van der Waals surface area contributed by atoms with Crippen LogP contribution >= 0.6 is 0 Å². The minimum absolute atomic E-state index is 0.386. The molecule has 0 spiro atoms. The highest BCUT2D eigenvalue weighted by Crippen LogP contribution is 2.46. The number of nitrogens with zero attached hydrogens (tertiary/aromatic N) is 1. The zero-order valence-corrected chi connectivity index (χ0v) is 12.6. The quantitative estimate of drug-likeness (QED) is 0.798. The molecule has 0 aliphatic heterocycles. The highest BCUT2D eigenvalue weighted by molar-refractivity contribution is 5.83. The van der Waals surface area contributed by atoms with Crippen LogP contribution in [-0.2, 0) is 0 Å². The lowest BCUT2D eigenvalue weighted by molar-refractivity contribution is 0.112. The highest BCUT2D eigenvalue weighted by Gasteiger charge is 2.41. The normalized spacial score (nSPS) is 18.6. The van der Waals surface area contributed by atoms with Crippen LogP contribution in [0.2, 0.25) is 0 Å². The van der Waals surface area contributed by atoms with Gasteiger partial charge in [-0.3, -0.25) is 4.79 Å². The smallest absolute Gasteiger partial charge is 0.153 e. The Morgan fingerprint density at radius 1 is 1.25 bits per heavy atom. The number of carbonyl (C=O) groups is 1. The maximum atomic E-state index is 11.3. The Morgan fingerprint density at radius 3 is 2.30 bits per heavy atom. The summed E-state index contributed by atoms with van der Waals surface area (Å²) in [7, 11) is 0. The zero-order valence-electron chi connectivity index (χ0n) is 12.6. The minimum Gasteiger partial charge on any atom is -0.366 e. The Hall–Kier alpha value is -1.38. The van der Waals surface area contributed by atoms with Crippen molar-refractivity contribution in [3.05, 3.63) is 22.9 Å². The number of anilines is 1. The Labute approximate surface area is 121 Å². The lowest BCUT2D eigenvalue weighted by atomic mass is 10.0. The van der Waals surface area contributed by atoms with Crippen molar-refractivity contribution in [3.63, 3.8) is 0 Å². The lowest BCUT2D eigenvalue weighted by Crippen LogP contribution is -2.26. The van der Waals surface area contributed by atoms with Crippen molar-refractivity contribution in [2.45, 2.75) is 58.4 Å². The Balaban J connectivity index is 1.89. The van der Waals surface area contributed by atoms with Crippen LogP contribution in [0.4, 0.5) is 5.82 Å². The van der Waals surface area contributed by atoms with E-state index in [4.69, 9.17) is 4.98 Å². The molecule has 0 bridgehead atoms. The van der Waals surface area contributed by atoms with E-state index in [9.17, 15) is 4.79 Å². The maximum Gasteiger partial charge on any atom is 0.153 e. The monoisotopic (exact) mass is 272 g/mol. The molecule has 0 amide bonds. The molecule has 0 atom stereocenters. The molecular weight excluding hydrogens is 248 g/mol. The van der Waals surface area contributed by atoms with E-state index < -0.39 is 0 Å². The number of aldehydes is 1. The number of hydrogen-bond acceptors (Lipinski definition) is 3. The molecule has 1 aromatic rings. The molecule has 2 saturated carbocycles. The van der Waals surface area contributed by atoms with Crippen molar-refractivity contribution in [2.24, 2.45) is 11.8 Å². The molecule has 20 heavy (non-hydrogen) atoms. The Kier molecular flexibility index (Phi) is 3.53. The molecule has 2 aliphatic carbocycles. The van der Waals surface area contributed by atoms with Crippen LogP contribution in [0, 0.1) is 18.8 Å². The van der Waals surface area contributed by atoms with Crippen molar-refractivity contribution in [2.75, 3.05) is 5.32 Å². The summed E-state index contributed by atoms with van der Waals surface area (Å²) in [5, 5.41) is 3.60. The van der Waals surface area contributed by atoms with E-state index in [1.165, 1.54) is 25.7 Å². The van der Waals surface area contributed by atoms with Crippen molar-refractivity contribution < 1.29 is 4.79 Å². The largest absolute Gasteiger partial charge is 0.366 e. The molecule has 2 aliphatic rings. The molecule has 1 N–H and O–H groups in total. The fraction of sp³-hybridized carbons (Fsp3) is 0.647. The highest BCUT2D eigenvalue weighted by atomic mass is 16.1. The number of carbonyl (C=O) groups excluding carboxylic acids is 1. The number of nitrogens with one attached hydrogen (secondary N) is 1. The first-order valence-electron chi connectivity index (χ1n) is 7.83. The van der Waals surface area contributed by atoms with Gasteiger partial charge in [0.25, 0.3) is 0 Å². The number of aromatic nitrogens is 1. The summed E-state index contributed by atoms with van der Waals surface area (Å²) in [4.78, 5) is 16.1. The van der Waals surface area contributed by atoms with Crippen LogP contribution in [0.3, 0.4) is 0 Å².